The largest absolute Gasteiger partial charge is 0.493 e. The molecule has 0 radical (unpaired) electrons. The number of hydrogen-bond acceptors (Lipinski definition) is 7. The highest BCUT2D eigenvalue weighted by Crippen LogP contribution is 2.41. The molecule has 0 aromatic heterocycles. The van der Waals surface area contributed by atoms with E-state index in [9.17, 15) is 29.4 Å². The Bertz CT molecular complexity index is 1090. The van der Waals surface area contributed by atoms with Gasteiger partial charge < -0.3 is 24.7 Å². The summed E-state index contributed by atoms with van der Waals surface area (Å²) in [5.41, 5.74) is 1.94. The highest BCUT2D eigenvalue weighted by molar-refractivity contribution is 5.96. The summed E-state index contributed by atoms with van der Waals surface area (Å²) in [4.78, 5) is 57.9. The van der Waals surface area contributed by atoms with E-state index in [1.165, 1.54) is 9.80 Å². The number of urea groups is 1. The summed E-state index contributed by atoms with van der Waals surface area (Å²) in [5, 5.41) is 19.8. The van der Waals surface area contributed by atoms with E-state index >= 15 is 0 Å². The molecule has 0 unspecified atom stereocenters. The van der Waals surface area contributed by atoms with Gasteiger partial charge in [0.05, 0.1) is 19.1 Å². The Morgan fingerprint density at radius 3 is 2.65 bits per heavy atom. The standard InChI is InChI=1S/C29H42N4O7/c1-3-4-11-31(12-5-15-34)26(36)19-32-18-22(20-6-7-24-21(17-20)10-16-40-24)27(28(37)38)23(32)8-14-33-25(35)9-13-30(2)29(33)39/h6-7,17,22-23,27,34H,3-5,8-16,18-19H2,1-2H3,(H,37,38)/t22-,23+,27-/m1/s1. The van der Waals surface area contributed by atoms with E-state index in [4.69, 9.17) is 4.74 Å². The van der Waals surface area contributed by atoms with E-state index in [-0.39, 0.29) is 56.3 Å². The van der Waals surface area contributed by atoms with Crippen molar-refractivity contribution >= 4 is 23.8 Å². The van der Waals surface area contributed by atoms with Crippen molar-refractivity contribution < 1.29 is 34.1 Å². The van der Waals surface area contributed by atoms with Crippen molar-refractivity contribution in [2.24, 2.45) is 5.92 Å². The number of rotatable bonds is 13. The van der Waals surface area contributed by atoms with Crippen LogP contribution in [0.4, 0.5) is 4.79 Å². The molecule has 11 nitrogen and oxygen atoms in total. The van der Waals surface area contributed by atoms with Gasteiger partial charge in [0.15, 0.2) is 0 Å². The molecule has 0 bridgehead atoms. The first-order valence-electron chi connectivity index (χ1n) is 14.4. The van der Waals surface area contributed by atoms with Gasteiger partial charge in [-0.1, -0.05) is 25.5 Å². The molecule has 3 atom stereocenters. The molecule has 0 aliphatic carbocycles. The van der Waals surface area contributed by atoms with Gasteiger partial charge in [-0.3, -0.25) is 24.2 Å². The number of carbonyl (C=O) groups excluding carboxylic acids is 3. The molecule has 4 rings (SSSR count). The summed E-state index contributed by atoms with van der Waals surface area (Å²) in [6, 6.07) is 4.89. The Labute approximate surface area is 235 Å². The first-order chi connectivity index (χ1) is 19.2. The van der Waals surface area contributed by atoms with Crippen molar-refractivity contribution in [1.29, 1.82) is 0 Å². The summed E-state index contributed by atoms with van der Waals surface area (Å²) in [7, 11) is 1.65. The van der Waals surface area contributed by atoms with E-state index in [1.807, 2.05) is 23.1 Å². The van der Waals surface area contributed by atoms with Crippen LogP contribution in [0.5, 0.6) is 5.75 Å². The van der Waals surface area contributed by atoms with Crippen LogP contribution in [0.3, 0.4) is 0 Å². The lowest BCUT2D eigenvalue weighted by atomic mass is 9.83. The number of hydrogen-bond donors (Lipinski definition) is 2. The number of carbonyl (C=O) groups is 4. The van der Waals surface area contributed by atoms with Crippen LogP contribution in [0, 0.1) is 5.92 Å². The van der Waals surface area contributed by atoms with Gasteiger partial charge in [0.25, 0.3) is 0 Å². The lowest BCUT2D eigenvalue weighted by molar-refractivity contribution is -0.144. The molecule has 2 N–H and O–H groups in total. The fourth-order valence-electron chi connectivity index (χ4n) is 6.16. The zero-order valence-electron chi connectivity index (χ0n) is 23.6. The predicted octanol–water partition coefficient (Wildman–Crippen LogP) is 1.78. The van der Waals surface area contributed by atoms with E-state index in [0.717, 1.165) is 36.1 Å². The average Bonchev–Trinajstić information content (AvgIpc) is 3.55. The fourth-order valence-corrected chi connectivity index (χ4v) is 6.16. The minimum atomic E-state index is -0.960. The Morgan fingerprint density at radius 1 is 1.15 bits per heavy atom. The maximum Gasteiger partial charge on any atom is 0.326 e. The molecule has 220 valence electrons. The second kappa shape index (κ2) is 13.5. The van der Waals surface area contributed by atoms with E-state index in [1.54, 1.807) is 11.9 Å². The van der Waals surface area contributed by atoms with E-state index < -0.39 is 17.9 Å². The average molecular weight is 559 g/mol. The third kappa shape index (κ3) is 6.58. The molecular formula is C29H42N4O7. The molecule has 0 spiro atoms. The number of ether oxygens (including phenoxy) is 1. The van der Waals surface area contributed by atoms with Gasteiger partial charge in [-0.25, -0.2) is 4.79 Å². The molecule has 1 aromatic carbocycles. The highest BCUT2D eigenvalue weighted by atomic mass is 16.5. The van der Waals surface area contributed by atoms with Gasteiger partial charge in [-0.05, 0) is 36.5 Å². The van der Waals surface area contributed by atoms with Gasteiger partial charge in [0.1, 0.15) is 5.75 Å². The molecule has 3 heterocycles. The number of carboxylic acid groups (broad SMARTS) is 1. The Kier molecular flexibility index (Phi) is 10.0. The van der Waals surface area contributed by atoms with Crippen LogP contribution < -0.4 is 4.74 Å². The van der Waals surface area contributed by atoms with Gasteiger partial charge in [0.2, 0.25) is 11.8 Å². The van der Waals surface area contributed by atoms with Crippen molar-refractivity contribution in [1.82, 2.24) is 19.6 Å². The number of aliphatic carboxylic acids is 1. The quantitative estimate of drug-likeness (QED) is 0.375. The molecule has 2 fully saturated rings. The van der Waals surface area contributed by atoms with Crippen LogP contribution in [0.1, 0.15) is 56.1 Å². The zero-order chi connectivity index (χ0) is 28.8. The first kappa shape index (κ1) is 29.8. The van der Waals surface area contributed by atoms with Gasteiger partial charge in [-0.15, -0.1) is 0 Å². The molecule has 1 aromatic rings. The van der Waals surface area contributed by atoms with Crippen molar-refractivity contribution in [3.8, 4) is 5.75 Å². The van der Waals surface area contributed by atoms with Crippen LogP contribution in [-0.4, -0.2) is 119 Å². The number of aliphatic hydroxyl groups is 1. The fraction of sp³-hybridized carbons (Fsp3) is 0.655. The van der Waals surface area contributed by atoms with Gasteiger partial charge in [0, 0.05) is 71.2 Å². The number of benzene rings is 1. The third-order valence-corrected chi connectivity index (χ3v) is 8.40. The summed E-state index contributed by atoms with van der Waals surface area (Å²) in [5.74, 6) is -1.69. The van der Waals surface area contributed by atoms with Gasteiger partial charge >= 0.3 is 12.0 Å². The first-order valence-corrected chi connectivity index (χ1v) is 14.4. The number of aliphatic hydroxyl groups excluding tert-OH is 1. The number of imide groups is 1. The number of likely N-dealkylation sites (tertiary alicyclic amines) is 1. The van der Waals surface area contributed by atoms with Crippen LogP contribution in [0.2, 0.25) is 0 Å². The molecule has 0 saturated carbocycles. The molecule has 2 saturated heterocycles. The molecule has 3 aliphatic rings. The number of carboxylic acids is 1. The van der Waals surface area contributed by atoms with E-state index in [0.29, 0.717) is 39.2 Å². The lowest BCUT2D eigenvalue weighted by Crippen LogP contribution is -2.52. The van der Waals surface area contributed by atoms with Crippen LogP contribution >= 0.6 is 0 Å². The maximum atomic E-state index is 13.5. The SMILES string of the molecule is CCCCN(CCCO)C(=O)CN1C[C@H](c2ccc3c(c2)CCO3)[C@@H](C(=O)O)[C@@H]1CCN1C(=O)CCN(C)C1=O. The molecule has 4 amide bonds. The van der Waals surface area contributed by atoms with Crippen molar-refractivity contribution in [2.45, 2.75) is 57.4 Å². The van der Waals surface area contributed by atoms with Gasteiger partial charge in [-0.2, -0.15) is 0 Å². The molecular weight excluding hydrogens is 516 g/mol. The Balaban J connectivity index is 1.60. The summed E-state index contributed by atoms with van der Waals surface area (Å²) in [6.07, 6.45) is 3.49. The highest BCUT2D eigenvalue weighted by Gasteiger charge is 2.48. The maximum absolute atomic E-state index is 13.5. The van der Waals surface area contributed by atoms with Crippen molar-refractivity contribution in [3.63, 3.8) is 0 Å². The minimum Gasteiger partial charge on any atom is -0.493 e. The Hall–Kier alpha value is -3.18. The normalized spacial score (nSPS) is 22.9. The lowest BCUT2D eigenvalue weighted by Gasteiger charge is -2.34. The monoisotopic (exact) mass is 558 g/mol. The Morgan fingerprint density at radius 2 is 1.93 bits per heavy atom. The number of nitrogens with zero attached hydrogens (tertiary/aromatic N) is 4. The second-order valence-electron chi connectivity index (χ2n) is 11.0. The molecule has 11 heteroatoms. The number of amides is 4. The summed E-state index contributed by atoms with van der Waals surface area (Å²) < 4.78 is 5.64. The van der Waals surface area contributed by atoms with Crippen molar-refractivity contribution in [3.05, 3.63) is 29.3 Å². The minimum absolute atomic E-state index is 0.0141. The second-order valence-corrected chi connectivity index (χ2v) is 11.0. The number of unbranched alkanes of at least 4 members (excludes halogenated alkanes) is 1. The van der Waals surface area contributed by atoms with Crippen LogP contribution in [-0.2, 0) is 20.8 Å². The topological polar surface area (TPSA) is 131 Å². The smallest absolute Gasteiger partial charge is 0.326 e. The van der Waals surface area contributed by atoms with E-state index in [2.05, 4.69) is 6.92 Å². The third-order valence-electron chi connectivity index (χ3n) is 8.40. The predicted molar refractivity (Wildman–Crippen MR) is 147 cm³/mol. The zero-order valence-corrected chi connectivity index (χ0v) is 23.6. The summed E-state index contributed by atoms with van der Waals surface area (Å²) in [6.45, 7) is 4.52. The van der Waals surface area contributed by atoms with Crippen LogP contribution in [0.15, 0.2) is 18.2 Å². The molecule has 3 aliphatic heterocycles. The molecule has 40 heavy (non-hydrogen) atoms. The van der Waals surface area contributed by atoms with Crippen LogP contribution in [0.25, 0.3) is 0 Å². The van der Waals surface area contributed by atoms with Crippen molar-refractivity contribution in [2.75, 3.05) is 59.5 Å². The number of fused-ring (bicyclic) bond motifs is 1. The summed E-state index contributed by atoms with van der Waals surface area (Å²) >= 11 is 0.